The van der Waals surface area contributed by atoms with Gasteiger partial charge in [-0.25, -0.2) is 8.42 Å². The molecule has 0 aromatic heterocycles. The fraction of sp³-hybridized carbons (Fsp3) is 0.333. The molecule has 1 atom stereocenters. The van der Waals surface area contributed by atoms with Crippen LogP contribution in [0.2, 0.25) is 0 Å². The molecule has 0 saturated carbocycles. The van der Waals surface area contributed by atoms with Gasteiger partial charge in [-0.1, -0.05) is 24.3 Å². The summed E-state index contributed by atoms with van der Waals surface area (Å²) in [6.45, 7) is 0.782. The van der Waals surface area contributed by atoms with Crippen molar-refractivity contribution in [1.29, 1.82) is 0 Å². The Morgan fingerprint density at radius 3 is 2.61 bits per heavy atom. The highest BCUT2D eigenvalue weighted by atomic mass is 32.2. The van der Waals surface area contributed by atoms with E-state index in [-0.39, 0.29) is 12.5 Å². The maximum atomic E-state index is 12.9. The molecule has 2 amide bonds. The van der Waals surface area contributed by atoms with Crippen molar-refractivity contribution < 1.29 is 27.5 Å². The predicted molar refractivity (Wildman–Crippen MR) is 117 cm³/mol. The lowest BCUT2D eigenvalue weighted by atomic mass is 10.1. The SMILES string of the molecule is COCCCNC(=O)c1ccccc1NC(=O)[C@@H]1CN(S(C)(=O)=O)c2ccccc2O1. The molecule has 10 heteroatoms. The van der Waals surface area contributed by atoms with Crippen LogP contribution >= 0.6 is 0 Å². The van der Waals surface area contributed by atoms with E-state index in [9.17, 15) is 18.0 Å². The number of nitrogens with one attached hydrogen (secondary N) is 2. The summed E-state index contributed by atoms with van der Waals surface area (Å²) in [7, 11) is -2.03. The molecule has 1 heterocycles. The van der Waals surface area contributed by atoms with E-state index in [4.69, 9.17) is 9.47 Å². The van der Waals surface area contributed by atoms with Crippen LogP contribution in [0.3, 0.4) is 0 Å². The van der Waals surface area contributed by atoms with Crippen molar-refractivity contribution in [3.63, 3.8) is 0 Å². The molecule has 31 heavy (non-hydrogen) atoms. The minimum Gasteiger partial charge on any atom is -0.476 e. The fourth-order valence-corrected chi connectivity index (χ4v) is 4.08. The van der Waals surface area contributed by atoms with E-state index in [0.29, 0.717) is 42.3 Å². The van der Waals surface area contributed by atoms with Gasteiger partial charge in [0.05, 0.1) is 29.7 Å². The minimum absolute atomic E-state index is 0.174. The van der Waals surface area contributed by atoms with Crippen molar-refractivity contribution in [3.05, 3.63) is 54.1 Å². The predicted octanol–water partition coefficient (Wildman–Crippen LogP) is 1.62. The largest absolute Gasteiger partial charge is 0.476 e. The first-order chi connectivity index (χ1) is 14.8. The van der Waals surface area contributed by atoms with Crippen LogP contribution in [0.4, 0.5) is 11.4 Å². The van der Waals surface area contributed by atoms with Gasteiger partial charge >= 0.3 is 0 Å². The smallest absolute Gasteiger partial charge is 0.267 e. The summed E-state index contributed by atoms with van der Waals surface area (Å²) in [4.78, 5) is 25.4. The third-order valence-electron chi connectivity index (χ3n) is 4.67. The van der Waals surface area contributed by atoms with Crippen molar-refractivity contribution in [2.45, 2.75) is 12.5 Å². The summed E-state index contributed by atoms with van der Waals surface area (Å²) in [6, 6.07) is 13.2. The Morgan fingerprint density at radius 1 is 1.16 bits per heavy atom. The highest BCUT2D eigenvalue weighted by Crippen LogP contribution is 2.34. The first-order valence-corrected chi connectivity index (χ1v) is 11.6. The average molecular weight is 448 g/mol. The number of nitrogens with zero attached hydrogens (tertiary/aromatic N) is 1. The summed E-state index contributed by atoms with van der Waals surface area (Å²) < 4.78 is 36.3. The third kappa shape index (κ3) is 5.53. The Morgan fingerprint density at radius 2 is 1.87 bits per heavy atom. The molecule has 0 radical (unpaired) electrons. The van der Waals surface area contributed by atoms with Crippen LogP contribution in [-0.2, 0) is 19.6 Å². The van der Waals surface area contributed by atoms with Gasteiger partial charge in [0.25, 0.3) is 11.8 Å². The molecule has 0 bridgehead atoms. The molecular weight excluding hydrogens is 422 g/mol. The quantitative estimate of drug-likeness (QED) is 0.595. The number of carbonyl (C=O) groups is 2. The van der Waals surface area contributed by atoms with E-state index < -0.39 is 22.0 Å². The van der Waals surface area contributed by atoms with Crippen LogP contribution in [-0.4, -0.2) is 59.4 Å². The number of ether oxygens (including phenoxy) is 2. The summed E-state index contributed by atoms with van der Waals surface area (Å²) in [6.07, 6.45) is 0.656. The second kappa shape index (κ2) is 9.80. The molecule has 1 aliphatic rings. The molecule has 0 fully saturated rings. The van der Waals surface area contributed by atoms with Gasteiger partial charge < -0.3 is 20.1 Å². The number of hydrogen-bond acceptors (Lipinski definition) is 6. The molecule has 0 saturated heterocycles. The number of para-hydroxylation sites is 3. The number of rotatable bonds is 8. The Bertz CT molecular complexity index is 1060. The normalized spacial score (nSPS) is 15.5. The second-order valence-corrected chi connectivity index (χ2v) is 8.91. The molecule has 9 nitrogen and oxygen atoms in total. The number of anilines is 2. The van der Waals surface area contributed by atoms with E-state index in [0.717, 1.165) is 10.6 Å². The lowest BCUT2D eigenvalue weighted by Gasteiger charge is -2.33. The number of amides is 2. The standard InChI is InChI=1S/C21H25N3O6S/c1-29-13-7-12-22-20(25)15-8-3-4-9-16(15)23-21(26)19-14-24(31(2,27)28)17-10-5-6-11-18(17)30-19/h3-6,8-11,19H,7,12-14H2,1-2H3,(H,22,25)(H,23,26)/t19-/m0/s1. The Hall–Kier alpha value is -3.11. The van der Waals surface area contributed by atoms with E-state index in [1.54, 1.807) is 55.6 Å². The van der Waals surface area contributed by atoms with Crippen LogP contribution in [0.5, 0.6) is 5.75 Å². The molecule has 2 aromatic carbocycles. The monoisotopic (exact) mass is 447 g/mol. The molecule has 0 unspecified atom stereocenters. The zero-order chi connectivity index (χ0) is 22.4. The van der Waals surface area contributed by atoms with Crippen LogP contribution in [0.25, 0.3) is 0 Å². The van der Waals surface area contributed by atoms with Crippen molar-refractivity contribution in [1.82, 2.24) is 5.32 Å². The Kier molecular flexibility index (Phi) is 7.13. The van der Waals surface area contributed by atoms with E-state index >= 15 is 0 Å². The summed E-state index contributed by atoms with van der Waals surface area (Å²) in [5, 5.41) is 5.47. The Balaban J connectivity index is 1.76. The fourth-order valence-electron chi connectivity index (χ4n) is 3.17. The van der Waals surface area contributed by atoms with Gasteiger partial charge in [0.2, 0.25) is 10.0 Å². The van der Waals surface area contributed by atoms with Crippen LogP contribution in [0.15, 0.2) is 48.5 Å². The number of benzene rings is 2. The molecule has 2 N–H and O–H groups in total. The first kappa shape index (κ1) is 22.6. The molecule has 3 rings (SSSR count). The molecule has 0 spiro atoms. The zero-order valence-corrected chi connectivity index (χ0v) is 18.1. The second-order valence-electron chi connectivity index (χ2n) is 7.01. The number of fused-ring (bicyclic) bond motifs is 1. The van der Waals surface area contributed by atoms with Crippen LogP contribution in [0, 0.1) is 0 Å². The molecule has 166 valence electrons. The molecule has 2 aromatic rings. The van der Waals surface area contributed by atoms with Crippen molar-refractivity contribution in [2.75, 3.05) is 42.7 Å². The van der Waals surface area contributed by atoms with Gasteiger partial charge in [0.15, 0.2) is 6.10 Å². The number of methoxy groups -OCH3 is 1. The lowest BCUT2D eigenvalue weighted by molar-refractivity contribution is -0.122. The highest BCUT2D eigenvalue weighted by Gasteiger charge is 2.35. The number of sulfonamides is 1. The minimum atomic E-state index is -3.62. The van der Waals surface area contributed by atoms with E-state index in [1.165, 1.54) is 0 Å². The summed E-state index contributed by atoms with van der Waals surface area (Å²) >= 11 is 0. The molecule has 0 aliphatic carbocycles. The van der Waals surface area contributed by atoms with Crippen molar-refractivity contribution in [3.8, 4) is 5.75 Å². The van der Waals surface area contributed by atoms with Gasteiger partial charge in [-0.15, -0.1) is 0 Å². The topological polar surface area (TPSA) is 114 Å². The van der Waals surface area contributed by atoms with Gasteiger partial charge in [-0.05, 0) is 30.7 Å². The number of carbonyl (C=O) groups excluding carboxylic acids is 2. The summed E-state index contributed by atoms with van der Waals surface area (Å²) in [5.74, 6) is -0.592. The van der Waals surface area contributed by atoms with Gasteiger partial charge in [-0.2, -0.15) is 0 Å². The van der Waals surface area contributed by atoms with E-state index in [2.05, 4.69) is 10.6 Å². The lowest BCUT2D eigenvalue weighted by Crippen LogP contribution is -2.48. The maximum Gasteiger partial charge on any atom is 0.267 e. The van der Waals surface area contributed by atoms with Crippen LogP contribution in [0.1, 0.15) is 16.8 Å². The van der Waals surface area contributed by atoms with Gasteiger partial charge in [-0.3, -0.25) is 13.9 Å². The summed E-state index contributed by atoms with van der Waals surface area (Å²) in [5.41, 5.74) is 0.986. The Labute approximate surface area is 181 Å². The average Bonchev–Trinajstić information content (AvgIpc) is 2.75. The molecule has 1 aliphatic heterocycles. The van der Waals surface area contributed by atoms with Gasteiger partial charge in [0.1, 0.15) is 5.75 Å². The third-order valence-corrected chi connectivity index (χ3v) is 5.81. The highest BCUT2D eigenvalue weighted by molar-refractivity contribution is 7.92. The maximum absolute atomic E-state index is 12.9. The van der Waals surface area contributed by atoms with Crippen LogP contribution < -0.4 is 19.7 Å². The zero-order valence-electron chi connectivity index (χ0n) is 17.3. The van der Waals surface area contributed by atoms with Crippen molar-refractivity contribution in [2.24, 2.45) is 0 Å². The number of hydrogen-bond donors (Lipinski definition) is 2. The molecular formula is C21H25N3O6S. The first-order valence-electron chi connectivity index (χ1n) is 9.71. The van der Waals surface area contributed by atoms with Crippen molar-refractivity contribution >= 4 is 33.2 Å². The van der Waals surface area contributed by atoms with E-state index in [1.807, 2.05) is 0 Å². The van der Waals surface area contributed by atoms with Gasteiger partial charge in [0, 0.05) is 20.3 Å².